The fraction of sp³-hybridized carbons (Fsp3) is 0.235. The van der Waals surface area contributed by atoms with E-state index in [1.54, 1.807) is 12.1 Å². The van der Waals surface area contributed by atoms with Gasteiger partial charge in [-0.25, -0.2) is 0 Å². The average Bonchev–Trinajstić information content (AvgIpc) is 2.44. The van der Waals surface area contributed by atoms with Crippen LogP contribution in [0.25, 0.3) is 0 Å². The van der Waals surface area contributed by atoms with E-state index in [4.69, 9.17) is 5.73 Å². The van der Waals surface area contributed by atoms with Gasteiger partial charge in [0.15, 0.2) is 0 Å². The molecule has 0 aliphatic heterocycles. The van der Waals surface area contributed by atoms with Crippen LogP contribution in [0.4, 0.5) is 11.4 Å². The molecule has 0 heterocycles. The van der Waals surface area contributed by atoms with E-state index >= 15 is 0 Å². The molecule has 20 heavy (non-hydrogen) atoms. The van der Waals surface area contributed by atoms with Crippen LogP contribution in [0, 0.1) is 6.92 Å². The lowest BCUT2D eigenvalue weighted by Gasteiger charge is -2.11. The second kappa shape index (κ2) is 6.24. The first-order valence-electron chi connectivity index (χ1n) is 6.87. The Hall–Kier alpha value is -2.29. The topological polar surface area (TPSA) is 55.1 Å². The van der Waals surface area contributed by atoms with Crippen molar-refractivity contribution in [2.75, 3.05) is 11.1 Å². The van der Waals surface area contributed by atoms with Gasteiger partial charge < -0.3 is 11.1 Å². The van der Waals surface area contributed by atoms with Crippen molar-refractivity contribution in [3.05, 3.63) is 59.2 Å². The summed E-state index contributed by atoms with van der Waals surface area (Å²) in [5.41, 5.74) is 10.1. The van der Waals surface area contributed by atoms with E-state index in [1.807, 2.05) is 37.3 Å². The molecule has 0 aliphatic carbocycles. The number of hydrogen-bond donors (Lipinski definition) is 2. The lowest BCUT2D eigenvalue weighted by atomic mass is 10.1. The number of nitrogens with one attached hydrogen (secondary N) is 1. The molecule has 0 atom stereocenters. The molecule has 2 rings (SSSR count). The third kappa shape index (κ3) is 3.18. The molecule has 0 bridgehead atoms. The van der Waals surface area contributed by atoms with Crippen LogP contribution in [-0.4, -0.2) is 5.91 Å². The number of carbonyl (C=O) groups is 1. The molecule has 2 aromatic carbocycles. The highest BCUT2D eigenvalue weighted by Gasteiger charge is 2.09. The molecule has 0 saturated carbocycles. The molecule has 0 radical (unpaired) electrons. The number of carbonyl (C=O) groups excluding carboxylic acids is 1. The van der Waals surface area contributed by atoms with Crippen LogP contribution in [0.15, 0.2) is 42.5 Å². The number of rotatable bonds is 4. The van der Waals surface area contributed by atoms with Crippen LogP contribution < -0.4 is 11.1 Å². The number of nitrogen functional groups attached to an aromatic ring is 1. The Labute approximate surface area is 119 Å². The van der Waals surface area contributed by atoms with Gasteiger partial charge >= 0.3 is 0 Å². The molecule has 3 nitrogen and oxygen atoms in total. The van der Waals surface area contributed by atoms with Crippen molar-refractivity contribution < 1.29 is 4.79 Å². The first kappa shape index (κ1) is 14.1. The van der Waals surface area contributed by atoms with Crippen molar-refractivity contribution in [1.82, 2.24) is 0 Å². The maximum atomic E-state index is 12.3. The molecule has 104 valence electrons. The zero-order chi connectivity index (χ0) is 14.5. The van der Waals surface area contributed by atoms with Crippen LogP contribution in [0.5, 0.6) is 0 Å². The van der Waals surface area contributed by atoms with Gasteiger partial charge in [-0.2, -0.15) is 0 Å². The highest BCUT2D eigenvalue weighted by Crippen LogP contribution is 2.19. The van der Waals surface area contributed by atoms with Gasteiger partial charge in [0.25, 0.3) is 5.91 Å². The van der Waals surface area contributed by atoms with Crippen molar-refractivity contribution >= 4 is 17.3 Å². The molecular weight excluding hydrogens is 248 g/mol. The molecule has 3 N–H and O–H groups in total. The maximum Gasteiger partial charge on any atom is 0.255 e. The molecular formula is C17H20N2O. The average molecular weight is 268 g/mol. The van der Waals surface area contributed by atoms with Gasteiger partial charge in [-0.1, -0.05) is 37.6 Å². The van der Waals surface area contributed by atoms with Gasteiger partial charge in [0.05, 0.1) is 0 Å². The molecule has 0 unspecified atom stereocenters. The molecule has 0 spiro atoms. The molecule has 0 saturated heterocycles. The zero-order valence-corrected chi connectivity index (χ0v) is 11.9. The molecule has 0 fully saturated rings. The SMILES string of the molecule is CCCc1ccccc1NC(=O)c1ccc(C)c(N)c1. The molecule has 1 amide bonds. The number of anilines is 2. The van der Waals surface area contributed by atoms with Crippen LogP contribution in [0.2, 0.25) is 0 Å². The fourth-order valence-corrected chi connectivity index (χ4v) is 2.11. The lowest BCUT2D eigenvalue weighted by molar-refractivity contribution is 0.102. The van der Waals surface area contributed by atoms with Crippen LogP contribution in [0.3, 0.4) is 0 Å². The monoisotopic (exact) mass is 268 g/mol. The minimum atomic E-state index is -0.125. The maximum absolute atomic E-state index is 12.3. The van der Waals surface area contributed by atoms with E-state index in [9.17, 15) is 4.79 Å². The summed E-state index contributed by atoms with van der Waals surface area (Å²) in [6.07, 6.45) is 2.00. The van der Waals surface area contributed by atoms with Crippen LogP contribution in [0.1, 0.15) is 34.8 Å². The Kier molecular flexibility index (Phi) is 4.41. The molecule has 0 aromatic heterocycles. The first-order valence-corrected chi connectivity index (χ1v) is 6.87. The van der Waals surface area contributed by atoms with Gasteiger partial charge in [-0.15, -0.1) is 0 Å². The fourth-order valence-electron chi connectivity index (χ4n) is 2.11. The molecule has 2 aromatic rings. The highest BCUT2D eigenvalue weighted by molar-refractivity contribution is 6.05. The summed E-state index contributed by atoms with van der Waals surface area (Å²) in [5.74, 6) is -0.125. The molecule has 0 aliphatic rings. The Balaban J connectivity index is 2.21. The summed E-state index contributed by atoms with van der Waals surface area (Å²) in [6.45, 7) is 4.05. The number of amides is 1. The highest BCUT2D eigenvalue weighted by atomic mass is 16.1. The van der Waals surface area contributed by atoms with Crippen molar-refractivity contribution in [3.8, 4) is 0 Å². The zero-order valence-electron chi connectivity index (χ0n) is 11.9. The minimum absolute atomic E-state index is 0.125. The Bertz CT molecular complexity index is 620. The summed E-state index contributed by atoms with van der Waals surface area (Å²) in [7, 11) is 0. The second-order valence-electron chi connectivity index (χ2n) is 4.93. The normalized spacial score (nSPS) is 10.3. The van der Waals surface area contributed by atoms with E-state index in [0.29, 0.717) is 11.3 Å². The van der Waals surface area contributed by atoms with Crippen molar-refractivity contribution in [1.29, 1.82) is 0 Å². The van der Waals surface area contributed by atoms with Crippen molar-refractivity contribution in [2.24, 2.45) is 0 Å². The largest absolute Gasteiger partial charge is 0.398 e. The van der Waals surface area contributed by atoms with Gasteiger partial charge in [0.1, 0.15) is 0 Å². The van der Waals surface area contributed by atoms with E-state index in [0.717, 1.165) is 29.7 Å². The van der Waals surface area contributed by atoms with E-state index in [2.05, 4.69) is 12.2 Å². The smallest absolute Gasteiger partial charge is 0.255 e. The number of para-hydroxylation sites is 1. The standard InChI is InChI=1S/C17H20N2O/c1-3-6-13-7-4-5-8-16(13)19-17(20)14-10-9-12(2)15(18)11-14/h4-5,7-11H,3,6,18H2,1-2H3,(H,19,20). The lowest BCUT2D eigenvalue weighted by Crippen LogP contribution is -2.13. The Morgan fingerprint density at radius 3 is 2.65 bits per heavy atom. The number of nitrogens with two attached hydrogens (primary N) is 1. The Morgan fingerprint density at radius 2 is 1.95 bits per heavy atom. The predicted molar refractivity (Wildman–Crippen MR) is 84.0 cm³/mol. The van der Waals surface area contributed by atoms with Crippen LogP contribution in [-0.2, 0) is 6.42 Å². The van der Waals surface area contributed by atoms with Crippen LogP contribution >= 0.6 is 0 Å². The number of hydrogen-bond acceptors (Lipinski definition) is 2. The quantitative estimate of drug-likeness (QED) is 0.829. The summed E-state index contributed by atoms with van der Waals surface area (Å²) < 4.78 is 0. The van der Waals surface area contributed by atoms with E-state index in [1.165, 1.54) is 0 Å². The molecule has 3 heteroatoms. The van der Waals surface area contributed by atoms with Gasteiger partial charge in [-0.3, -0.25) is 4.79 Å². The summed E-state index contributed by atoms with van der Waals surface area (Å²) >= 11 is 0. The third-order valence-electron chi connectivity index (χ3n) is 3.33. The van der Waals surface area contributed by atoms with Gasteiger partial charge in [-0.05, 0) is 42.7 Å². The minimum Gasteiger partial charge on any atom is -0.398 e. The second-order valence-corrected chi connectivity index (χ2v) is 4.93. The summed E-state index contributed by atoms with van der Waals surface area (Å²) in [4.78, 5) is 12.3. The van der Waals surface area contributed by atoms with Crippen molar-refractivity contribution in [3.63, 3.8) is 0 Å². The van der Waals surface area contributed by atoms with E-state index < -0.39 is 0 Å². The number of benzene rings is 2. The Morgan fingerprint density at radius 1 is 1.20 bits per heavy atom. The number of aryl methyl sites for hydroxylation is 2. The van der Waals surface area contributed by atoms with Gasteiger partial charge in [0, 0.05) is 16.9 Å². The summed E-state index contributed by atoms with van der Waals surface area (Å²) in [6, 6.07) is 13.3. The van der Waals surface area contributed by atoms with Crippen molar-refractivity contribution in [2.45, 2.75) is 26.7 Å². The third-order valence-corrected chi connectivity index (χ3v) is 3.33. The first-order chi connectivity index (χ1) is 9.61. The van der Waals surface area contributed by atoms with Gasteiger partial charge in [0.2, 0.25) is 0 Å². The predicted octanol–water partition coefficient (Wildman–Crippen LogP) is 3.78. The summed E-state index contributed by atoms with van der Waals surface area (Å²) in [5, 5.41) is 2.96. The van der Waals surface area contributed by atoms with E-state index in [-0.39, 0.29) is 5.91 Å².